The van der Waals surface area contributed by atoms with Crippen molar-refractivity contribution in [3.63, 3.8) is 0 Å². The summed E-state index contributed by atoms with van der Waals surface area (Å²) in [4.78, 5) is 17.4. The molecule has 5 nitrogen and oxygen atoms in total. The molecule has 1 aromatic carbocycles. The summed E-state index contributed by atoms with van der Waals surface area (Å²) in [5.41, 5.74) is 1.87. The number of benzene rings is 1. The normalized spacial score (nSPS) is 10.1. The smallest absolute Gasteiger partial charge is 0.311 e. The van der Waals surface area contributed by atoms with Crippen LogP contribution in [0.3, 0.4) is 0 Å². The number of nitrogens with zero attached hydrogens (tertiary/aromatic N) is 2. The fourth-order valence-electron chi connectivity index (χ4n) is 1.36. The standard InChI is InChI=1S/C10H7N3O2/c11-5-6-1-2-7-8(3-6)13-9(12-7)4-10(14)15/h1-3H,4H2,(H,12,13)(H,14,15). The molecule has 0 bridgehead atoms. The van der Waals surface area contributed by atoms with E-state index in [1.165, 1.54) is 0 Å². The van der Waals surface area contributed by atoms with Crippen LogP contribution in [0.1, 0.15) is 11.4 Å². The molecule has 0 aliphatic heterocycles. The molecule has 1 heterocycles. The van der Waals surface area contributed by atoms with Crippen molar-refractivity contribution in [3.05, 3.63) is 29.6 Å². The molecule has 0 aliphatic rings. The van der Waals surface area contributed by atoms with E-state index in [4.69, 9.17) is 10.4 Å². The predicted octanol–water partition coefficient (Wildman–Crippen LogP) is 1.06. The van der Waals surface area contributed by atoms with Gasteiger partial charge in [0.15, 0.2) is 0 Å². The van der Waals surface area contributed by atoms with Gasteiger partial charge in [0.2, 0.25) is 0 Å². The first-order valence-electron chi connectivity index (χ1n) is 4.29. The van der Waals surface area contributed by atoms with Gasteiger partial charge in [0.25, 0.3) is 0 Å². The first kappa shape index (κ1) is 9.21. The number of H-pyrrole nitrogens is 1. The summed E-state index contributed by atoms with van der Waals surface area (Å²) in [7, 11) is 0. The van der Waals surface area contributed by atoms with Crippen molar-refractivity contribution in [3.8, 4) is 6.07 Å². The van der Waals surface area contributed by atoms with E-state index in [2.05, 4.69) is 9.97 Å². The summed E-state index contributed by atoms with van der Waals surface area (Å²) in [5.74, 6) is -0.540. The van der Waals surface area contributed by atoms with Crippen LogP contribution in [-0.2, 0) is 11.2 Å². The van der Waals surface area contributed by atoms with E-state index in [0.29, 0.717) is 16.9 Å². The number of nitrogens with one attached hydrogen (secondary N) is 1. The molecule has 0 saturated heterocycles. The number of aromatic amines is 1. The second-order valence-electron chi connectivity index (χ2n) is 3.10. The first-order chi connectivity index (χ1) is 7.19. The van der Waals surface area contributed by atoms with Gasteiger partial charge in [0.1, 0.15) is 12.2 Å². The van der Waals surface area contributed by atoms with Gasteiger partial charge in [-0.2, -0.15) is 5.26 Å². The van der Waals surface area contributed by atoms with E-state index in [9.17, 15) is 4.79 Å². The highest BCUT2D eigenvalue weighted by molar-refractivity contribution is 5.78. The Balaban J connectivity index is 2.47. The molecule has 74 valence electrons. The monoisotopic (exact) mass is 201 g/mol. The van der Waals surface area contributed by atoms with Gasteiger partial charge in [0.05, 0.1) is 22.7 Å². The number of rotatable bonds is 2. The van der Waals surface area contributed by atoms with Crippen molar-refractivity contribution in [1.82, 2.24) is 9.97 Å². The zero-order valence-corrected chi connectivity index (χ0v) is 7.69. The van der Waals surface area contributed by atoms with Crippen LogP contribution in [-0.4, -0.2) is 21.0 Å². The van der Waals surface area contributed by atoms with Gasteiger partial charge < -0.3 is 10.1 Å². The Bertz CT molecular complexity index is 566. The van der Waals surface area contributed by atoms with Crippen LogP contribution >= 0.6 is 0 Å². The van der Waals surface area contributed by atoms with E-state index in [1.54, 1.807) is 18.2 Å². The van der Waals surface area contributed by atoms with E-state index >= 15 is 0 Å². The summed E-state index contributed by atoms with van der Waals surface area (Å²) >= 11 is 0. The average molecular weight is 201 g/mol. The fraction of sp³-hybridized carbons (Fsp3) is 0.100. The summed E-state index contributed by atoms with van der Waals surface area (Å²) < 4.78 is 0. The van der Waals surface area contributed by atoms with Crippen molar-refractivity contribution >= 4 is 17.0 Å². The second kappa shape index (κ2) is 3.42. The fourth-order valence-corrected chi connectivity index (χ4v) is 1.36. The van der Waals surface area contributed by atoms with Crippen LogP contribution in [0.2, 0.25) is 0 Å². The largest absolute Gasteiger partial charge is 0.481 e. The van der Waals surface area contributed by atoms with Crippen LogP contribution in [0.5, 0.6) is 0 Å². The summed E-state index contributed by atoms with van der Waals surface area (Å²) in [6, 6.07) is 6.99. The molecule has 0 atom stereocenters. The quantitative estimate of drug-likeness (QED) is 0.760. The molecule has 2 aromatic rings. The van der Waals surface area contributed by atoms with Gasteiger partial charge in [-0.3, -0.25) is 4.79 Å². The Kier molecular flexibility index (Phi) is 2.10. The van der Waals surface area contributed by atoms with Crippen LogP contribution in [0, 0.1) is 11.3 Å². The Morgan fingerprint density at radius 2 is 2.40 bits per heavy atom. The van der Waals surface area contributed by atoms with Crippen molar-refractivity contribution in [2.75, 3.05) is 0 Å². The third-order valence-electron chi connectivity index (χ3n) is 1.98. The number of aliphatic carboxylic acids is 1. The Hall–Kier alpha value is -2.35. The van der Waals surface area contributed by atoms with Crippen molar-refractivity contribution in [2.24, 2.45) is 0 Å². The maximum Gasteiger partial charge on any atom is 0.311 e. The lowest BCUT2D eigenvalue weighted by molar-refractivity contribution is -0.136. The average Bonchev–Trinajstić information content (AvgIpc) is 2.57. The zero-order valence-electron chi connectivity index (χ0n) is 7.69. The highest BCUT2D eigenvalue weighted by Crippen LogP contribution is 2.13. The summed E-state index contributed by atoms with van der Waals surface area (Å²) in [6.07, 6.45) is -0.142. The number of aromatic nitrogens is 2. The highest BCUT2D eigenvalue weighted by atomic mass is 16.4. The lowest BCUT2D eigenvalue weighted by Crippen LogP contribution is -2.01. The molecule has 0 saturated carbocycles. The number of imidazole rings is 1. The molecular formula is C10H7N3O2. The molecule has 5 heteroatoms. The molecule has 2 N–H and O–H groups in total. The maximum atomic E-state index is 10.5. The Morgan fingerprint density at radius 3 is 3.07 bits per heavy atom. The highest BCUT2D eigenvalue weighted by Gasteiger charge is 2.06. The number of carbonyl (C=O) groups is 1. The SMILES string of the molecule is N#Cc1ccc2[nH]c(CC(=O)O)nc2c1. The number of carboxylic acids is 1. The van der Waals surface area contributed by atoms with Crippen LogP contribution in [0.25, 0.3) is 11.0 Å². The third kappa shape index (κ3) is 1.79. The van der Waals surface area contributed by atoms with Crippen molar-refractivity contribution in [1.29, 1.82) is 5.26 Å². The number of fused-ring (bicyclic) bond motifs is 1. The van der Waals surface area contributed by atoms with Crippen molar-refractivity contribution in [2.45, 2.75) is 6.42 Å². The number of carboxylic acid groups (broad SMARTS) is 1. The molecule has 0 aliphatic carbocycles. The summed E-state index contributed by atoms with van der Waals surface area (Å²) in [6.45, 7) is 0. The predicted molar refractivity (Wildman–Crippen MR) is 52.1 cm³/mol. The molecule has 15 heavy (non-hydrogen) atoms. The van der Waals surface area contributed by atoms with Gasteiger partial charge in [-0.25, -0.2) is 4.98 Å². The Morgan fingerprint density at radius 1 is 1.60 bits per heavy atom. The maximum absolute atomic E-state index is 10.5. The lowest BCUT2D eigenvalue weighted by atomic mass is 10.2. The van der Waals surface area contributed by atoms with Crippen molar-refractivity contribution < 1.29 is 9.90 Å². The molecule has 0 radical (unpaired) electrons. The van der Waals surface area contributed by atoms with Crippen LogP contribution in [0.15, 0.2) is 18.2 Å². The molecular weight excluding hydrogens is 194 g/mol. The van der Waals surface area contributed by atoms with E-state index in [0.717, 1.165) is 5.52 Å². The van der Waals surface area contributed by atoms with Gasteiger partial charge in [-0.1, -0.05) is 0 Å². The lowest BCUT2D eigenvalue weighted by Gasteiger charge is -1.87. The van der Waals surface area contributed by atoms with Crippen LogP contribution in [0.4, 0.5) is 0 Å². The summed E-state index contributed by atoms with van der Waals surface area (Å²) in [5, 5.41) is 17.2. The minimum absolute atomic E-state index is 0.142. The minimum Gasteiger partial charge on any atom is -0.481 e. The number of hydrogen-bond acceptors (Lipinski definition) is 3. The first-order valence-corrected chi connectivity index (χ1v) is 4.29. The van der Waals surface area contributed by atoms with Gasteiger partial charge >= 0.3 is 5.97 Å². The Labute approximate surface area is 85.0 Å². The number of nitriles is 1. The van der Waals surface area contributed by atoms with E-state index in [-0.39, 0.29) is 6.42 Å². The van der Waals surface area contributed by atoms with Gasteiger partial charge in [-0.15, -0.1) is 0 Å². The topological polar surface area (TPSA) is 89.8 Å². The van der Waals surface area contributed by atoms with E-state index in [1.807, 2.05) is 6.07 Å². The van der Waals surface area contributed by atoms with Crippen LogP contribution < -0.4 is 0 Å². The molecule has 0 amide bonds. The molecule has 1 aromatic heterocycles. The minimum atomic E-state index is -0.936. The van der Waals surface area contributed by atoms with E-state index < -0.39 is 5.97 Å². The molecule has 0 spiro atoms. The zero-order chi connectivity index (χ0) is 10.8. The second-order valence-corrected chi connectivity index (χ2v) is 3.10. The third-order valence-corrected chi connectivity index (χ3v) is 1.98. The molecule has 2 rings (SSSR count). The molecule has 0 fully saturated rings. The van der Waals surface area contributed by atoms with Gasteiger partial charge in [-0.05, 0) is 18.2 Å². The van der Waals surface area contributed by atoms with Gasteiger partial charge in [0, 0.05) is 0 Å². The molecule has 0 unspecified atom stereocenters. The number of hydrogen-bond donors (Lipinski definition) is 2.